The molecule has 2 aromatic carbocycles. The molecule has 1 aliphatic carbocycles. The molecule has 4 atom stereocenters. The van der Waals surface area contributed by atoms with Gasteiger partial charge in [0.2, 0.25) is 5.91 Å². The quantitative estimate of drug-likeness (QED) is 0.424. The Bertz CT molecular complexity index is 1400. The number of nitrogens with zero attached hydrogens (tertiary/aromatic N) is 3. The van der Waals surface area contributed by atoms with E-state index in [1.54, 1.807) is 11.1 Å². The van der Waals surface area contributed by atoms with Crippen molar-refractivity contribution in [2.75, 3.05) is 19.0 Å². The summed E-state index contributed by atoms with van der Waals surface area (Å²) in [5.41, 5.74) is 3.33. The first-order chi connectivity index (χ1) is 18.9. The molecule has 0 radical (unpaired) electrons. The minimum atomic E-state index is -0.456. The molecule has 6 rings (SSSR count). The number of ether oxygens (including phenoxy) is 1. The van der Waals surface area contributed by atoms with Gasteiger partial charge in [-0.3, -0.25) is 9.69 Å². The van der Waals surface area contributed by atoms with E-state index in [-0.39, 0.29) is 18.0 Å². The molecule has 2 unspecified atom stereocenters. The molecule has 0 bridgehead atoms. The fourth-order valence-corrected chi connectivity index (χ4v) is 7.11. The number of anilines is 2. The van der Waals surface area contributed by atoms with Gasteiger partial charge in [-0.2, -0.15) is 0 Å². The number of carbonyl (C=O) groups excluding carboxylic acids is 2. The average molecular weight is 544 g/mol. The second-order valence-corrected chi connectivity index (χ2v) is 11.8. The lowest BCUT2D eigenvalue weighted by Crippen LogP contribution is -2.51. The second-order valence-electron chi connectivity index (χ2n) is 10.7. The van der Waals surface area contributed by atoms with Crippen molar-refractivity contribution in [2.24, 2.45) is 0 Å². The highest BCUT2D eigenvalue weighted by molar-refractivity contribution is 8.01. The SMILES string of the molecule is Cc1cc(Oc2ccccc2)ccc1N1C(=O)NC2c3c1ccnc3SC2C(=O)N[C@@H]1CCC[C@H](N(C)C)C1. The smallest absolute Gasteiger partial charge is 0.327 e. The lowest BCUT2D eigenvalue weighted by Gasteiger charge is -2.36. The number of para-hydroxylation sites is 1. The molecule has 9 heteroatoms. The van der Waals surface area contributed by atoms with Crippen LogP contribution < -0.4 is 20.3 Å². The third kappa shape index (κ3) is 4.96. The van der Waals surface area contributed by atoms with Gasteiger partial charge in [-0.1, -0.05) is 30.0 Å². The maximum atomic E-state index is 13.6. The van der Waals surface area contributed by atoms with E-state index in [9.17, 15) is 9.59 Å². The lowest BCUT2D eigenvalue weighted by molar-refractivity contribution is -0.122. The Labute approximate surface area is 233 Å². The molecule has 39 heavy (non-hydrogen) atoms. The number of amides is 3. The van der Waals surface area contributed by atoms with Crippen molar-refractivity contribution >= 4 is 35.1 Å². The summed E-state index contributed by atoms with van der Waals surface area (Å²) in [6.45, 7) is 1.96. The molecule has 2 aliphatic heterocycles. The fraction of sp³-hybridized carbons (Fsp3) is 0.367. The van der Waals surface area contributed by atoms with Crippen LogP contribution in [0.4, 0.5) is 16.2 Å². The number of benzene rings is 2. The van der Waals surface area contributed by atoms with Crippen LogP contribution in [0.2, 0.25) is 0 Å². The highest BCUT2D eigenvalue weighted by atomic mass is 32.2. The Morgan fingerprint density at radius 2 is 1.92 bits per heavy atom. The molecule has 1 fully saturated rings. The number of hydrogen-bond acceptors (Lipinski definition) is 6. The Hall–Kier alpha value is -3.56. The zero-order valence-electron chi connectivity index (χ0n) is 22.4. The number of thioether (sulfide) groups is 1. The van der Waals surface area contributed by atoms with Gasteiger partial charge in [-0.15, -0.1) is 0 Å². The van der Waals surface area contributed by atoms with Crippen molar-refractivity contribution in [3.63, 3.8) is 0 Å². The molecule has 3 heterocycles. The number of carbonyl (C=O) groups is 2. The van der Waals surface area contributed by atoms with E-state index < -0.39 is 11.3 Å². The Kier molecular flexibility index (Phi) is 6.95. The van der Waals surface area contributed by atoms with E-state index in [4.69, 9.17) is 4.74 Å². The molecule has 0 spiro atoms. The van der Waals surface area contributed by atoms with E-state index in [0.717, 1.165) is 59.0 Å². The van der Waals surface area contributed by atoms with Gasteiger partial charge >= 0.3 is 6.03 Å². The monoisotopic (exact) mass is 543 g/mol. The van der Waals surface area contributed by atoms with Gasteiger partial charge < -0.3 is 20.3 Å². The van der Waals surface area contributed by atoms with Crippen LogP contribution in [0.25, 0.3) is 0 Å². The first-order valence-corrected chi connectivity index (χ1v) is 14.3. The predicted octanol–water partition coefficient (Wildman–Crippen LogP) is 5.55. The number of aryl methyl sites for hydroxylation is 1. The number of pyridine rings is 1. The lowest BCUT2D eigenvalue weighted by atomic mass is 9.90. The number of rotatable bonds is 6. The summed E-state index contributed by atoms with van der Waals surface area (Å²) < 4.78 is 5.99. The first kappa shape index (κ1) is 25.7. The van der Waals surface area contributed by atoms with Crippen LogP contribution in [0.1, 0.15) is 42.9 Å². The molecule has 0 saturated heterocycles. The summed E-state index contributed by atoms with van der Waals surface area (Å²) >= 11 is 1.44. The molecular formula is C30H33N5O3S. The largest absolute Gasteiger partial charge is 0.457 e. The zero-order valence-corrected chi connectivity index (χ0v) is 23.2. The van der Waals surface area contributed by atoms with E-state index in [1.807, 2.05) is 61.5 Å². The van der Waals surface area contributed by atoms with Crippen molar-refractivity contribution in [3.8, 4) is 11.5 Å². The second kappa shape index (κ2) is 10.5. The maximum absolute atomic E-state index is 13.6. The highest BCUT2D eigenvalue weighted by Crippen LogP contribution is 2.51. The molecule has 2 N–H and O–H groups in total. The fourth-order valence-electron chi connectivity index (χ4n) is 5.88. The summed E-state index contributed by atoms with van der Waals surface area (Å²) in [6.07, 6.45) is 5.90. The summed E-state index contributed by atoms with van der Waals surface area (Å²) in [7, 11) is 4.20. The van der Waals surface area contributed by atoms with E-state index in [1.165, 1.54) is 11.8 Å². The minimum absolute atomic E-state index is 0.0364. The van der Waals surface area contributed by atoms with Gasteiger partial charge in [0, 0.05) is 23.8 Å². The van der Waals surface area contributed by atoms with Crippen molar-refractivity contribution in [3.05, 3.63) is 71.9 Å². The van der Waals surface area contributed by atoms with Crippen molar-refractivity contribution in [2.45, 2.75) is 61.0 Å². The Morgan fingerprint density at radius 1 is 1.10 bits per heavy atom. The van der Waals surface area contributed by atoms with Gasteiger partial charge in [-0.25, -0.2) is 9.78 Å². The standard InChI is InChI=1S/C30H33N5O3S/c1-18-16-22(38-21-10-5-4-6-11-21)12-13-23(18)35-24-14-15-31-29-25(24)26(33-30(35)37)27(39-29)28(36)32-19-8-7-9-20(17-19)34(2)3/h4-6,10-16,19-20,26-27H,7-9,17H2,1-3H3,(H,32,36)(H,33,37)/t19-,20+,26?,27?/m1/s1. The maximum Gasteiger partial charge on any atom is 0.327 e. The number of urea groups is 1. The van der Waals surface area contributed by atoms with Gasteiger partial charge in [0.15, 0.2) is 0 Å². The first-order valence-electron chi connectivity index (χ1n) is 13.5. The number of aromatic nitrogens is 1. The van der Waals surface area contributed by atoms with Gasteiger partial charge in [-0.05, 0) is 88.7 Å². The summed E-state index contributed by atoms with van der Waals surface area (Å²) in [4.78, 5) is 35.6. The van der Waals surface area contributed by atoms with Crippen LogP contribution in [0.5, 0.6) is 11.5 Å². The number of hydrogen-bond donors (Lipinski definition) is 2. The Balaban J connectivity index is 1.23. The topological polar surface area (TPSA) is 86.8 Å². The van der Waals surface area contributed by atoms with Gasteiger partial charge in [0.25, 0.3) is 0 Å². The molecule has 1 aromatic heterocycles. The highest BCUT2D eigenvalue weighted by Gasteiger charge is 2.47. The molecule has 3 aliphatic rings. The minimum Gasteiger partial charge on any atom is -0.457 e. The third-order valence-electron chi connectivity index (χ3n) is 7.88. The van der Waals surface area contributed by atoms with Crippen molar-refractivity contribution in [1.29, 1.82) is 0 Å². The van der Waals surface area contributed by atoms with Crippen LogP contribution in [0, 0.1) is 6.92 Å². The Morgan fingerprint density at radius 3 is 2.69 bits per heavy atom. The van der Waals surface area contributed by atoms with Crippen LogP contribution in [-0.4, -0.2) is 53.3 Å². The van der Waals surface area contributed by atoms with Crippen molar-refractivity contribution in [1.82, 2.24) is 20.5 Å². The predicted molar refractivity (Wildman–Crippen MR) is 153 cm³/mol. The van der Waals surface area contributed by atoms with E-state index >= 15 is 0 Å². The molecule has 202 valence electrons. The zero-order chi connectivity index (χ0) is 27.1. The van der Waals surface area contributed by atoms with E-state index in [0.29, 0.717) is 11.8 Å². The molecule has 8 nitrogen and oxygen atoms in total. The van der Waals surface area contributed by atoms with Gasteiger partial charge in [0.1, 0.15) is 21.8 Å². The molecular weight excluding hydrogens is 510 g/mol. The van der Waals surface area contributed by atoms with Crippen LogP contribution in [-0.2, 0) is 4.79 Å². The third-order valence-corrected chi connectivity index (χ3v) is 9.16. The average Bonchev–Trinajstić information content (AvgIpc) is 3.30. The molecule has 3 aromatic rings. The van der Waals surface area contributed by atoms with Crippen molar-refractivity contribution < 1.29 is 14.3 Å². The normalized spacial score (nSPS) is 23.8. The molecule has 1 saturated carbocycles. The molecule has 3 amide bonds. The van der Waals surface area contributed by atoms with Crippen LogP contribution in [0.15, 0.2) is 65.8 Å². The summed E-state index contributed by atoms with van der Waals surface area (Å²) in [6, 6.07) is 17.1. The van der Waals surface area contributed by atoms with Crippen LogP contribution >= 0.6 is 11.8 Å². The summed E-state index contributed by atoms with van der Waals surface area (Å²) in [5, 5.41) is 6.75. The van der Waals surface area contributed by atoms with Crippen LogP contribution in [0.3, 0.4) is 0 Å². The summed E-state index contributed by atoms with van der Waals surface area (Å²) in [5.74, 6) is 1.41. The van der Waals surface area contributed by atoms with Gasteiger partial charge in [0.05, 0.1) is 17.4 Å². The number of nitrogens with one attached hydrogen (secondary N) is 2. The van der Waals surface area contributed by atoms with E-state index in [2.05, 4.69) is 34.6 Å².